The maximum Gasteiger partial charge on any atom is 0.285 e. The van der Waals surface area contributed by atoms with E-state index in [2.05, 4.69) is 158 Å². The van der Waals surface area contributed by atoms with E-state index in [4.69, 9.17) is 0 Å². The molecule has 0 aliphatic carbocycles. The van der Waals surface area contributed by atoms with Crippen LogP contribution in [0.5, 0.6) is 0 Å². The van der Waals surface area contributed by atoms with Crippen molar-refractivity contribution in [2.75, 3.05) is 0 Å². The molecule has 1 fully saturated rings. The van der Waals surface area contributed by atoms with Crippen LogP contribution in [-0.4, -0.2) is 56.5 Å². The highest BCUT2D eigenvalue weighted by molar-refractivity contribution is 7.06. The highest BCUT2D eigenvalue weighted by atomic mass is 28.3. The van der Waals surface area contributed by atoms with Crippen LogP contribution in [0.2, 0.25) is 104 Å². The van der Waals surface area contributed by atoms with Crippen LogP contribution in [0.15, 0.2) is 0 Å². The van der Waals surface area contributed by atoms with E-state index in [0.717, 1.165) is 0 Å². The lowest BCUT2D eigenvalue weighted by atomic mass is 10.4. The monoisotopic (exact) mass is 606 g/mol. The lowest BCUT2D eigenvalue weighted by Crippen LogP contribution is -2.34. The summed E-state index contributed by atoms with van der Waals surface area (Å²) in [7, 11) is -12.7. The lowest BCUT2D eigenvalue weighted by Gasteiger charge is -2.16. The average molecular weight is 607 g/mol. The molecular weight excluding hydrogens is 557 g/mol. The lowest BCUT2D eigenvalue weighted by molar-refractivity contribution is 0.935. The molecule has 1 aliphatic heterocycles. The van der Waals surface area contributed by atoms with Crippen molar-refractivity contribution in [2.24, 2.45) is 0 Å². The largest absolute Gasteiger partial charge is 0.285 e. The van der Waals surface area contributed by atoms with Crippen molar-refractivity contribution in [3.8, 4) is 66.5 Å². The van der Waals surface area contributed by atoms with Gasteiger partial charge in [-0.1, -0.05) is 91.4 Å². The van der Waals surface area contributed by atoms with Gasteiger partial charge in [-0.3, -0.25) is 0 Å². The molecule has 0 aromatic heterocycles. The highest BCUT2D eigenvalue weighted by Gasteiger charge is 2.36. The van der Waals surface area contributed by atoms with Crippen LogP contribution in [0.25, 0.3) is 0 Å². The zero-order valence-corrected chi connectivity index (χ0v) is 33.3. The predicted octanol–water partition coefficient (Wildman–Crippen LogP) is 7.23. The smallest absolute Gasteiger partial charge is 0.137 e. The van der Waals surface area contributed by atoms with Crippen molar-refractivity contribution < 1.29 is 0 Å². The molecule has 0 spiro atoms. The van der Waals surface area contributed by atoms with Crippen molar-refractivity contribution in [2.45, 2.75) is 117 Å². The molecule has 0 atom stereocenters. The number of hydrogen-bond donors (Lipinski definition) is 0. The summed E-state index contributed by atoms with van der Waals surface area (Å²) in [4.78, 5) is 0. The standard InChI is InChI=1S/C30H50Si7/c1-31(2,3)19-23-35(13,24-20-32(4,5)6)27-29-37(17-15-16-18-37)30-28-36(14,25-21-33(7,8)9)26-22-34(10,11)12/h15-18H2,1-14H3. The van der Waals surface area contributed by atoms with Gasteiger partial charge in [0, 0.05) is 0 Å². The van der Waals surface area contributed by atoms with E-state index in [1.54, 1.807) is 0 Å². The Kier molecular flexibility index (Phi) is 11.3. The second-order valence-electron chi connectivity index (χ2n) is 15.0. The minimum Gasteiger partial charge on any atom is -0.137 e. The van der Waals surface area contributed by atoms with Crippen molar-refractivity contribution in [1.82, 2.24) is 0 Å². The summed E-state index contributed by atoms with van der Waals surface area (Å²) in [5.41, 5.74) is 44.5. The van der Waals surface area contributed by atoms with Crippen LogP contribution in [0, 0.1) is 66.5 Å². The zero-order valence-electron chi connectivity index (χ0n) is 26.3. The van der Waals surface area contributed by atoms with Gasteiger partial charge in [0.05, 0.1) is 0 Å². The third kappa shape index (κ3) is 15.2. The maximum atomic E-state index is 3.87. The molecule has 198 valence electrons. The first-order valence-electron chi connectivity index (χ1n) is 13.7. The van der Waals surface area contributed by atoms with E-state index >= 15 is 0 Å². The molecule has 0 N–H and O–H groups in total. The topological polar surface area (TPSA) is 0 Å². The molecular formula is C30H50Si7. The minimum absolute atomic E-state index is 1.17. The Balaban J connectivity index is 3.71. The van der Waals surface area contributed by atoms with E-state index in [9.17, 15) is 0 Å². The van der Waals surface area contributed by atoms with Gasteiger partial charge < -0.3 is 0 Å². The second kappa shape index (κ2) is 12.4. The van der Waals surface area contributed by atoms with Crippen molar-refractivity contribution in [1.29, 1.82) is 0 Å². The van der Waals surface area contributed by atoms with E-state index in [0.29, 0.717) is 0 Å². The molecule has 0 radical (unpaired) electrons. The van der Waals surface area contributed by atoms with Gasteiger partial charge in [0.1, 0.15) is 32.3 Å². The van der Waals surface area contributed by atoms with Crippen molar-refractivity contribution >= 4 is 56.5 Å². The first-order valence-corrected chi connectivity index (χ1v) is 35.1. The van der Waals surface area contributed by atoms with Gasteiger partial charge in [-0.25, -0.2) is 0 Å². The van der Waals surface area contributed by atoms with Gasteiger partial charge in [-0.05, 0) is 25.2 Å². The Bertz CT molecular complexity index is 1060. The summed E-state index contributed by atoms with van der Waals surface area (Å²) in [6, 6.07) is 2.35. The van der Waals surface area contributed by atoms with Crippen LogP contribution in [0.3, 0.4) is 0 Å². The molecule has 0 unspecified atom stereocenters. The number of rotatable bonds is 0. The molecule has 0 aromatic rings. The van der Waals surface area contributed by atoms with Gasteiger partial charge >= 0.3 is 0 Å². The molecule has 0 aromatic carbocycles. The molecule has 1 aliphatic rings. The Morgan fingerprint density at radius 2 is 0.595 bits per heavy atom. The third-order valence-electron chi connectivity index (χ3n) is 5.31. The Hall–Kier alpha value is -1.12. The molecule has 0 amide bonds. The van der Waals surface area contributed by atoms with E-state index in [1.165, 1.54) is 24.9 Å². The first-order chi connectivity index (χ1) is 16.4. The molecule has 1 rings (SSSR count). The third-order valence-corrected chi connectivity index (χ3v) is 17.7. The van der Waals surface area contributed by atoms with Gasteiger partial charge in [-0.2, -0.15) is 0 Å². The normalized spacial score (nSPS) is 15.4. The fraction of sp³-hybridized carbons (Fsp3) is 0.600. The quantitative estimate of drug-likeness (QED) is 0.202. The van der Waals surface area contributed by atoms with E-state index in [-0.39, 0.29) is 0 Å². The van der Waals surface area contributed by atoms with Crippen molar-refractivity contribution in [3.05, 3.63) is 0 Å². The highest BCUT2D eigenvalue weighted by Crippen LogP contribution is 2.29. The summed E-state index contributed by atoms with van der Waals surface area (Å²) >= 11 is 0. The van der Waals surface area contributed by atoms with Gasteiger partial charge in [0.2, 0.25) is 8.07 Å². The summed E-state index contributed by atoms with van der Waals surface area (Å²) in [5.74, 6) is 0. The average Bonchev–Trinajstić information content (AvgIpc) is 3.19. The molecule has 0 bridgehead atoms. The van der Waals surface area contributed by atoms with Gasteiger partial charge in [-0.15, -0.1) is 66.5 Å². The zero-order chi connectivity index (χ0) is 28.8. The van der Waals surface area contributed by atoms with Crippen molar-refractivity contribution in [3.63, 3.8) is 0 Å². The summed E-state index contributed by atoms with van der Waals surface area (Å²) < 4.78 is 0. The second-order valence-corrected chi connectivity index (χ2v) is 43.7. The van der Waals surface area contributed by atoms with Crippen LogP contribution >= 0.6 is 0 Å². The van der Waals surface area contributed by atoms with Crippen LogP contribution < -0.4 is 0 Å². The van der Waals surface area contributed by atoms with Crippen LogP contribution in [0.4, 0.5) is 0 Å². The van der Waals surface area contributed by atoms with Crippen LogP contribution in [0.1, 0.15) is 12.8 Å². The van der Waals surface area contributed by atoms with E-state index < -0.39 is 56.5 Å². The molecule has 1 saturated heterocycles. The molecule has 37 heavy (non-hydrogen) atoms. The SMILES string of the molecule is C[Si](C)(C)C#C[Si](C)(C#C[Si](C)(C)C)C#C[Si]1(C#C[Si](C)(C#C[Si](C)(C)C)C#C[Si](C)(C)C)CCCC1. The van der Waals surface area contributed by atoms with Gasteiger partial charge in [0.15, 0.2) is 0 Å². The fourth-order valence-corrected chi connectivity index (χ4v) is 20.0. The minimum atomic E-state index is -2.32. The molecule has 1 heterocycles. The Morgan fingerprint density at radius 3 is 0.811 bits per heavy atom. The van der Waals surface area contributed by atoms with Gasteiger partial charge in [0.25, 0.3) is 16.1 Å². The fourth-order valence-electron chi connectivity index (χ4n) is 3.19. The molecule has 0 nitrogen and oxygen atoms in total. The first kappa shape index (κ1) is 33.9. The van der Waals surface area contributed by atoms with E-state index in [1.807, 2.05) is 0 Å². The summed E-state index contributed by atoms with van der Waals surface area (Å²) in [6.07, 6.45) is 2.49. The maximum absolute atomic E-state index is 3.87. The summed E-state index contributed by atoms with van der Waals surface area (Å²) in [5, 5.41) is 0. The Morgan fingerprint density at radius 1 is 0.351 bits per heavy atom. The molecule has 7 heteroatoms. The predicted molar refractivity (Wildman–Crippen MR) is 188 cm³/mol. The summed E-state index contributed by atoms with van der Waals surface area (Å²) in [6.45, 7) is 32.2. The Labute approximate surface area is 238 Å². The molecule has 0 saturated carbocycles. The van der Waals surface area contributed by atoms with Crippen LogP contribution in [-0.2, 0) is 0 Å². The number of hydrogen-bond acceptors (Lipinski definition) is 0.